The zero-order valence-electron chi connectivity index (χ0n) is 24.7. The van der Waals surface area contributed by atoms with Crippen molar-refractivity contribution in [1.82, 2.24) is 39.4 Å². The maximum atomic E-state index is 13.1. The number of nitrogens with two attached hydrogens (primary N) is 1. The van der Waals surface area contributed by atoms with Crippen LogP contribution in [-0.2, 0) is 25.9 Å². The van der Waals surface area contributed by atoms with E-state index in [4.69, 9.17) is 11.1 Å². The molecule has 0 saturated carbocycles. The second kappa shape index (κ2) is 13.7. The normalized spacial score (nSPS) is 10.6. The zero-order valence-corrected chi connectivity index (χ0v) is 26.3. The molecule has 0 atom stereocenters. The molecule has 0 saturated heterocycles. The Balaban J connectivity index is 1.37. The van der Waals surface area contributed by atoms with Gasteiger partial charge in [-0.05, 0) is 28.1 Å². The molecule has 0 unspecified atom stereocenters. The second-order valence-corrected chi connectivity index (χ2v) is 10.7. The fourth-order valence-electron chi connectivity index (χ4n) is 4.01. The predicted octanol–water partition coefficient (Wildman–Crippen LogP) is 0.875. The van der Waals surface area contributed by atoms with E-state index < -0.39 is 29.5 Å². The van der Waals surface area contributed by atoms with Crippen LogP contribution in [0.4, 0.5) is 23.1 Å². The van der Waals surface area contributed by atoms with Crippen LogP contribution in [0.1, 0.15) is 48.5 Å². The van der Waals surface area contributed by atoms with Gasteiger partial charge < -0.3 is 36.1 Å². The summed E-state index contributed by atoms with van der Waals surface area (Å²) in [4.78, 5) is 66.6. The quantitative estimate of drug-likeness (QED) is 0.0592. The van der Waals surface area contributed by atoms with Gasteiger partial charge in [0.15, 0.2) is 5.82 Å². The maximum Gasteiger partial charge on any atom is 0.293 e. The molecule has 0 spiro atoms. The van der Waals surface area contributed by atoms with Crippen molar-refractivity contribution in [3.05, 3.63) is 64.6 Å². The van der Waals surface area contributed by atoms with Crippen LogP contribution in [0, 0.1) is 5.41 Å². The van der Waals surface area contributed by atoms with Crippen molar-refractivity contribution in [1.29, 1.82) is 5.41 Å². The second-order valence-electron chi connectivity index (χ2n) is 9.75. The molecule has 0 bridgehead atoms. The number of aromatic amines is 1. The summed E-state index contributed by atoms with van der Waals surface area (Å²) in [6, 6.07) is 4.30. The van der Waals surface area contributed by atoms with E-state index in [1.807, 2.05) is 0 Å². The van der Waals surface area contributed by atoms with E-state index in [2.05, 4.69) is 69.4 Å². The SMILES string of the molecule is C=C(Br)C(=O)Nc1n[nH]c(C(=O)Nc2cc(C(=O)Nc3cc(C(=O)Nc4cc(C(=O)NCCC(=N)N)n(C)n4)n(C)c3)n(C)c2)n1. The Morgan fingerprint density at radius 1 is 0.891 bits per heavy atom. The molecular weight excluding hydrogens is 668 g/mol. The minimum Gasteiger partial charge on any atom is -0.388 e. The number of hydrogen-bond donors (Lipinski definition) is 8. The number of aromatic nitrogens is 7. The van der Waals surface area contributed by atoms with Crippen LogP contribution in [0.3, 0.4) is 0 Å². The van der Waals surface area contributed by atoms with Crippen molar-refractivity contribution in [3.8, 4) is 0 Å². The van der Waals surface area contributed by atoms with Crippen LogP contribution >= 0.6 is 15.9 Å². The largest absolute Gasteiger partial charge is 0.388 e. The smallest absolute Gasteiger partial charge is 0.293 e. The van der Waals surface area contributed by atoms with Crippen molar-refractivity contribution < 1.29 is 24.0 Å². The molecule has 5 amide bonds. The lowest BCUT2D eigenvalue weighted by atomic mass is 10.3. The van der Waals surface area contributed by atoms with E-state index in [9.17, 15) is 24.0 Å². The van der Waals surface area contributed by atoms with Crippen molar-refractivity contribution in [2.24, 2.45) is 26.9 Å². The molecule has 0 aliphatic heterocycles. The first-order valence-corrected chi connectivity index (χ1v) is 14.0. The number of amidine groups is 1. The molecule has 0 fully saturated rings. The van der Waals surface area contributed by atoms with Gasteiger partial charge in [-0.2, -0.15) is 10.1 Å². The summed E-state index contributed by atoms with van der Waals surface area (Å²) in [6.45, 7) is 3.61. The highest BCUT2D eigenvalue weighted by Crippen LogP contribution is 2.19. The molecular formula is C26H29BrN14O5. The highest BCUT2D eigenvalue weighted by Gasteiger charge is 2.20. The monoisotopic (exact) mass is 696 g/mol. The number of nitrogens with zero attached hydrogens (tertiary/aromatic N) is 6. The maximum absolute atomic E-state index is 13.1. The van der Waals surface area contributed by atoms with Crippen molar-refractivity contribution in [3.63, 3.8) is 0 Å². The van der Waals surface area contributed by atoms with E-state index in [0.29, 0.717) is 5.69 Å². The third-order valence-electron chi connectivity index (χ3n) is 6.20. The van der Waals surface area contributed by atoms with E-state index in [1.54, 1.807) is 21.1 Å². The van der Waals surface area contributed by atoms with Crippen molar-refractivity contribution >= 4 is 74.4 Å². The summed E-state index contributed by atoms with van der Waals surface area (Å²) in [5, 5.41) is 30.4. The minimum absolute atomic E-state index is 0.0540. The zero-order chi connectivity index (χ0) is 33.7. The Morgan fingerprint density at radius 2 is 1.48 bits per heavy atom. The number of amides is 5. The lowest BCUT2D eigenvalue weighted by Gasteiger charge is -2.03. The van der Waals surface area contributed by atoms with E-state index >= 15 is 0 Å². The number of hydrogen-bond acceptors (Lipinski definition) is 9. The van der Waals surface area contributed by atoms with E-state index in [0.717, 1.165) is 0 Å². The number of anilines is 4. The van der Waals surface area contributed by atoms with Crippen LogP contribution in [0.15, 0.2) is 41.7 Å². The summed E-state index contributed by atoms with van der Waals surface area (Å²) in [7, 11) is 4.76. The number of rotatable bonds is 12. The summed E-state index contributed by atoms with van der Waals surface area (Å²) < 4.78 is 4.35. The Hall–Kier alpha value is -6.05. The van der Waals surface area contributed by atoms with Gasteiger partial charge in [-0.15, -0.1) is 5.10 Å². The molecule has 4 heterocycles. The van der Waals surface area contributed by atoms with Gasteiger partial charge >= 0.3 is 0 Å². The molecule has 9 N–H and O–H groups in total. The highest BCUT2D eigenvalue weighted by molar-refractivity contribution is 9.12. The molecule has 46 heavy (non-hydrogen) atoms. The number of nitrogens with one attached hydrogen (secondary N) is 7. The van der Waals surface area contributed by atoms with Gasteiger partial charge in [-0.3, -0.25) is 44.5 Å². The number of halogens is 1. The summed E-state index contributed by atoms with van der Waals surface area (Å²) in [6.07, 6.45) is 3.25. The van der Waals surface area contributed by atoms with Crippen LogP contribution in [0.5, 0.6) is 0 Å². The topological polar surface area (TPSA) is 265 Å². The Morgan fingerprint density at radius 3 is 2.07 bits per heavy atom. The first kappa shape index (κ1) is 32.9. The van der Waals surface area contributed by atoms with E-state index in [-0.39, 0.29) is 63.6 Å². The highest BCUT2D eigenvalue weighted by atomic mass is 79.9. The molecule has 20 heteroatoms. The van der Waals surface area contributed by atoms with Crippen molar-refractivity contribution in [2.45, 2.75) is 6.42 Å². The fraction of sp³-hybridized carbons (Fsp3) is 0.192. The van der Waals surface area contributed by atoms with Gasteiger partial charge in [0, 0.05) is 52.6 Å². The molecule has 0 aliphatic rings. The van der Waals surface area contributed by atoms with Gasteiger partial charge in [-0.25, -0.2) is 0 Å². The van der Waals surface area contributed by atoms with Gasteiger partial charge in [0.2, 0.25) is 11.8 Å². The summed E-state index contributed by atoms with van der Waals surface area (Å²) in [5.74, 6) is -3.00. The van der Waals surface area contributed by atoms with E-state index in [1.165, 1.54) is 44.4 Å². The third-order valence-corrected chi connectivity index (χ3v) is 6.56. The first-order valence-electron chi connectivity index (χ1n) is 13.2. The molecule has 0 aromatic carbocycles. The molecule has 4 aromatic rings. The Kier molecular flexibility index (Phi) is 9.80. The number of aryl methyl sites for hydroxylation is 3. The molecule has 0 aliphatic carbocycles. The molecule has 4 rings (SSSR count). The third kappa shape index (κ3) is 7.91. The minimum atomic E-state index is -0.671. The summed E-state index contributed by atoms with van der Waals surface area (Å²) >= 11 is 2.93. The van der Waals surface area contributed by atoms with Crippen LogP contribution in [-0.4, -0.2) is 76.0 Å². The molecule has 19 nitrogen and oxygen atoms in total. The average molecular weight is 698 g/mol. The average Bonchev–Trinajstić information content (AvgIpc) is 3.75. The number of H-pyrrole nitrogens is 1. The first-order chi connectivity index (χ1) is 21.7. The number of carbonyl (C=O) groups is 5. The van der Waals surface area contributed by atoms with Gasteiger partial charge in [0.25, 0.3) is 29.5 Å². The Labute approximate surface area is 268 Å². The molecule has 4 aromatic heterocycles. The van der Waals surface area contributed by atoms with Crippen molar-refractivity contribution in [2.75, 3.05) is 27.8 Å². The molecule has 0 radical (unpaired) electrons. The lowest BCUT2D eigenvalue weighted by Crippen LogP contribution is -2.29. The standard InChI is InChI=1S/C26H29BrN14O5/c1-12(27)21(42)35-26-34-20(36-37-26)25(46)32-14-8-15(39(2)11-14)23(44)31-13-7-16(40(3)10-13)24(45)33-19-9-17(41(4)38-19)22(43)30-6-5-18(28)29/h7-11H,1,5-6H2,2-4H3,(H3,28,29)(H,30,43)(H,31,44)(H,32,46)(H,33,38,45)(H2,34,35,36,37,42). The summed E-state index contributed by atoms with van der Waals surface area (Å²) in [5.41, 5.74) is 6.47. The van der Waals surface area contributed by atoms with Gasteiger partial charge in [0.05, 0.1) is 21.7 Å². The molecule has 240 valence electrons. The van der Waals surface area contributed by atoms with Crippen LogP contribution in [0.25, 0.3) is 0 Å². The Bertz CT molecular complexity index is 1880. The van der Waals surface area contributed by atoms with Crippen LogP contribution < -0.4 is 32.3 Å². The van der Waals surface area contributed by atoms with Gasteiger partial charge in [0.1, 0.15) is 17.1 Å². The number of carbonyl (C=O) groups excluding carboxylic acids is 5. The van der Waals surface area contributed by atoms with Gasteiger partial charge in [-0.1, -0.05) is 6.58 Å². The predicted molar refractivity (Wildman–Crippen MR) is 170 cm³/mol. The lowest BCUT2D eigenvalue weighted by molar-refractivity contribution is -0.112. The fourth-order valence-corrected chi connectivity index (χ4v) is 4.11. The van der Waals surface area contributed by atoms with Crippen LogP contribution in [0.2, 0.25) is 0 Å².